The standard InChI is InChI=1S/C11H8ClN3S/c1-6-4-9-10(16-6)7(5-14-9)8-2-3-13-11(12)15-8/h2-5,14H,1H3. The number of H-pyrrole nitrogens is 1. The van der Waals surface area contributed by atoms with E-state index in [9.17, 15) is 0 Å². The topological polar surface area (TPSA) is 41.6 Å². The van der Waals surface area contributed by atoms with Crippen molar-refractivity contribution >= 4 is 33.2 Å². The summed E-state index contributed by atoms with van der Waals surface area (Å²) in [7, 11) is 0. The van der Waals surface area contributed by atoms with E-state index < -0.39 is 0 Å². The summed E-state index contributed by atoms with van der Waals surface area (Å²) in [6.45, 7) is 2.09. The molecule has 16 heavy (non-hydrogen) atoms. The highest BCUT2D eigenvalue weighted by Gasteiger charge is 2.10. The molecule has 0 aliphatic heterocycles. The largest absolute Gasteiger partial charge is 0.360 e. The van der Waals surface area contributed by atoms with E-state index >= 15 is 0 Å². The zero-order valence-electron chi connectivity index (χ0n) is 8.49. The van der Waals surface area contributed by atoms with Crippen molar-refractivity contribution in [2.24, 2.45) is 0 Å². The van der Waals surface area contributed by atoms with Gasteiger partial charge in [0.25, 0.3) is 0 Å². The van der Waals surface area contributed by atoms with E-state index in [-0.39, 0.29) is 5.28 Å². The maximum Gasteiger partial charge on any atom is 0.222 e. The Morgan fingerprint density at radius 2 is 2.31 bits per heavy atom. The van der Waals surface area contributed by atoms with Crippen LogP contribution in [0.15, 0.2) is 24.5 Å². The Hall–Kier alpha value is -1.39. The average molecular weight is 250 g/mol. The molecule has 0 aliphatic rings. The van der Waals surface area contributed by atoms with Crippen molar-refractivity contribution in [3.8, 4) is 11.3 Å². The van der Waals surface area contributed by atoms with Gasteiger partial charge in [0.1, 0.15) is 0 Å². The van der Waals surface area contributed by atoms with Crippen LogP contribution in [0.3, 0.4) is 0 Å². The van der Waals surface area contributed by atoms with Gasteiger partial charge in [-0.1, -0.05) is 0 Å². The zero-order valence-corrected chi connectivity index (χ0v) is 10.1. The first kappa shape index (κ1) is 9.81. The smallest absolute Gasteiger partial charge is 0.222 e. The number of hydrogen-bond acceptors (Lipinski definition) is 3. The van der Waals surface area contributed by atoms with Gasteiger partial charge in [-0.15, -0.1) is 11.3 Å². The molecule has 0 unspecified atom stereocenters. The molecule has 3 aromatic rings. The molecule has 3 nitrogen and oxygen atoms in total. The first-order chi connectivity index (χ1) is 7.74. The Morgan fingerprint density at radius 3 is 3.12 bits per heavy atom. The number of halogens is 1. The monoisotopic (exact) mass is 249 g/mol. The van der Waals surface area contributed by atoms with Crippen molar-refractivity contribution in [3.63, 3.8) is 0 Å². The molecule has 3 heterocycles. The summed E-state index contributed by atoms with van der Waals surface area (Å²) in [5, 5.41) is 0.278. The van der Waals surface area contributed by atoms with Crippen molar-refractivity contribution in [2.45, 2.75) is 6.92 Å². The minimum Gasteiger partial charge on any atom is -0.360 e. The van der Waals surface area contributed by atoms with E-state index in [4.69, 9.17) is 11.6 Å². The molecule has 0 aliphatic carbocycles. The third kappa shape index (κ3) is 1.50. The Labute approximate surface area is 101 Å². The first-order valence-electron chi connectivity index (χ1n) is 4.80. The lowest BCUT2D eigenvalue weighted by Gasteiger charge is -1.96. The normalized spacial score (nSPS) is 11.1. The first-order valence-corrected chi connectivity index (χ1v) is 6.00. The lowest BCUT2D eigenvalue weighted by atomic mass is 10.2. The van der Waals surface area contributed by atoms with E-state index in [0.717, 1.165) is 16.8 Å². The molecule has 1 N–H and O–H groups in total. The van der Waals surface area contributed by atoms with Crippen LogP contribution in [0.25, 0.3) is 21.5 Å². The fraction of sp³-hybridized carbons (Fsp3) is 0.0909. The molecule has 0 fully saturated rings. The molecule has 5 heteroatoms. The molecule has 0 bridgehead atoms. The predicted molar refractivity (Wildman–Crippen MR) is 66.9 cm³/mol. The molecular formula is C11H8ClN3S. The molecule has 0 saturated carbocycles. The maximum atomic E-state index is 5.79. The van der Waals surface area contributed by atoms with Gasteiger partial charge in [0, 0.05) is 22.8 Å². The summed E-state index contributed by atoms with van der Waals surface area (Å²) in [5.74, 6) is 0. The van der Waals surface area contributed by atoms with Crippen molar-refractivity contribution in [1.29, 1.82) is 0 Å². The molecule has 0 spiro atoms. The number of hydrogen-bond donors (Lipinski definition) is 1. The van der Waals surface area contributed by atoms with Crippen LogP contribution in [0.2, 0.25) is 5.28 Å². The number of aromatic nitrogens is 3. The summed E-state index contributed by atoms with van der Waals surface area (Å²) >= 11 is 7.54. The van der Waals surface area contributed by atoms with Gasteiger partial charge in [0.2, 0.25) is 5.28 Å². The molecule has 3 rings (SSSR count). The minimum absolute atomic E-state index is 0.278. The zero-order chi connectivity index (χ0) is 11.1. The fourth-order valence-electron chi connectivity index (χ4n) is 1.71. The van der Waals surface area contributed by atoms with Gasteiger partial charge in [-0.05, 0) is 30.7 Å². The van der Waals surface area contributed by atoms with Crippen molar-refractivity contribution < 1.29 is 0 Å². The van der Waals surface area contributed by atoms with Crippen molar-refractivity contribution in [2.75, 3.05) is 0 Å². The summed E-state index contributed by atoms with van der Waals surface area (Å²) in [6.07, 6.45) is 3.63. The fourth-order valence-corrected chi connectivity index (χ4v) is 2.86. The Balaban J connectivity index is 2.25. The predicted octanol–water partition coefficient (Wildman–Crippen LogP) is 3.65. The van der Waals surface area contributed by atoms with E-state index in [1.165, 1.54) is 9.58 Å². The molecule has 3 aromatic heterocycles. The second-order valence-corrected chi connectivity index (χ2v) is 5.11. The van der Waals surface area contributed by atoms with Gasteiger partial charge in [0.05, 0.1) is 15.9 Å². The molecule has 0 amide bonds. The lowest BCUT2D eigenvalue weighted by molar-refractivity contribution is 1.17. The Kier molecular flexibility index (Phi) is 2.19. The highest BCUT2D eigenvalue weighted by atomic mass is 35.5. The van der Waals surface area contributed by atoms with Crippen molar-refractivity contribution in [1.82, 2.24) is 15.0 Å². The Bertz CT molecular complexity index is 656. The van der Waals surface area contributed by atoms with Crippen LogP contribution in [0, 0.1) is 6.92 Å². The van der Waals surface area contributed by atoms with Crippen LogP contribution in [-0.4, -0.2) is 15.0 Å². The number of nitrogens with zero attached hydrogens (tertiary/aromatic N) is 2. The third-order valence-corrected chi connectivity index (χ3v) is 3.64. The van der Waals surface area contributed by atoms with Gasteiger partial charge in [-0.25, -0.2) is 9.97 Å². The van der Waals surface area contributed by atoms with Gasteiger partial charge >= 0.3 is 0 Å². The van der Waals surface area contributed by atoms with Crippen LogP contribution in [0.5, 0.6) is 0 Å². The van der Waals surface area contributed by atoms with Gasteiger partial charge in [-0.2, -0.15) is 0 Å². The highest BCUT2D eigenvalue weighted by molar-refractivity contribution is 7.19. The maximum absolute atomic E-state index is 5.79. The van der Waals surface area contributed by atoms with Crippen LogP contribution in [0.4, 0.5) is 0 Å². The number of fused-ring (bicyclic) bond motifs is 1. The second kappa shape index (κ2) is 3.57. The van der Waals surface area contributed by atoms with Gasteiger partial charge in [0.15, 0.2) is 0 Å². The number of nitrogens with one attached hydrogen (secondary N) is 1. The molecular weight excluding hydrogens is 242 g/mol. The van der Waals surface area contributed by atoms with Crippen LogP contribution in [-0.2, 0) is 0 Å². The number of thiophene rings is 1. The van der Waals surface area contributed by atoms with E-state index in [1.54, 1.807) is 17.5 Å². The van der Waals surface area contributed by atoms with E-state index in [1.807, 2.05) is 12.3 Å². The van der Waals surface area contributed by atoms with Crippen LogP contribution >= 0.6 is 22.9 Å². The number of rotatable bonds is 1. The quantitative estimate of drug-likeness (QED) is 0.669. The lowest BCUT2D eigenvalue weighted by Crippen LogP contribution is -1.84. The van der Waals surface area contributed by atoms with Gasteiger partial charge in [-0.3, -0.25) is 0 Å². The minimum atomic E-state index is 0.278. The summed E-state index contributed by atoms with van der Waals surface area (Å²) in [5.41, 5.74) is 3.08. The van der Waals surface area contributed by atoms with E-state index in [2.05, 4.69) is 27.9 Å². The van der Waals surface area contributed by atoms with Crippen LogP contribution < -0.4 is 0 Å². The Morgan fingerprint density at radius 1 is 1.44 bits per heavy atom. The van der Waals surface area contributed by atoms with Gasteiger partial charge < -0.3 is 4.98 Å². The number of aryl methyl sites for hydroxylation is 1. The SMILES string of the molecule is Cc1cc2[nH]cc(-c3ccnc(Cl)n3)c2s1. The molecule has 0 atom stereocenters. The van der Waals surface area contributed by atoms with Crippen LogP contribution in [0.1, 0.15) is 4.88 Å². The summed E-state index contributed by atoms with van der Waals surface area (Å²) in [6, 6.07) is 4.00. The molecule has 80 valence electrons. The molecule has 0 radical (unpaired) electrons. The third-order valence-electron chi connectivity index (χ3n) is 2.37. The molecule has 0 saturated heterocycles. The van der Waals surface area contributed by atoms with Crippen molar-refractivity contribution in [3.05, 3.63) is 34.7 Å². The summed E-state index contributed by atoms with van der Waals surface area (Å²) < 4.78 is 1.22. The number of aromatic amines is 1. The second-order valence-electron chi connectivity index (χ2n) is 3.51. The van der Waals surface area contributed by atoms with E-state index in [0.29, 0.717) is 0 Å². The highest BCUT2D eigenvalue weighted by Crippen LogP contribution is 2.33. The summed E-state index contributed by atoms with van der Waals surface area (Å²) in [4.78, 5) is 12.6. The average Bonchev–Trinajstić information content (AvgIpc) is 2.76. The molecule has 0 aromatic carbocycles.